The van der Waals surface area contributed by atoms with Gasteiger partial charge in [-0.15, -0.1) is 0 Å². The molecule has 1 aromatic rings. The standard InChI is InChI=1S/C38H62N8O8/c1-11-23(4)33(45(8)37(50)32(25(6)43-44-39)42-36(49)31(40-7)22(2)3)29(53-9)21-30(47)46-19-15-18-28(46)34(54-10)24(5)35(48)41-27(38(51)52)20-26-16-13-12-14-17-26/h12-14,16-17,22-25,27-29,31-34,40H,11,15,18-21H2,1-10H3,(H,41,48)(H,42,49)(H,51,52)/t23-,24+,25-,27-,28?,29+,31?,32-,33-,34+/m0/s1. The lowest BCUT2D eigenvalue weighted by Gasteiger charge is -2.41. The number of ether oxygens (including phenoxy) is 2. The molecule has 0 spiro atoms. The van der Waals surface area contributed by atoms with E-state index in [4.69, 9.17) is 9.47 Å². The van der Waals surface area contributed by atoms with Gasteiger partial charge in [0.05, 0.1) is 48.7 Å². The Morgan fingerprint density at radius 3 is 2.19 bits per heavy atom. The number of hydrogen-bond donors (Lipinski definition) is 4. The van der Waals surface area contributed by atoms with Crippen LogP contribution in [0.5, 0.6) is 0 Å². The molecule has 0 bridgehead atoms. The highest BCUT2D eigenvalue weighted by atomic mass is 16.5. The number of carbonyl (C=O) groups excluding carboxylic acids is 4. The summed E-state index contributed by atoms with van der Waals surface area (Å²) in [5.74, 6) is -3.83. The molecule has 302 valence electrons. The number of amides is 4. The maximum atomic E-state index is 14.2. The lowest BCUT2D eigenvalue weighted by molar-refractivity contribution is -0.148. The summed E-state index contributed by atoms with van der Waals surface area (Å²) in [6, 6.07) is 4.11. The van der Waals surface area contributed by atoms with E-state index in [1.165, 1.54) is 19.1 Å². The predicted octanol–water partition coefficient (Wildman–Crippen LogP) is 3.15. The number of methoxy groups -OCH3 is 2. The molecule has 0 radical (unpaired) electrons. The van der Waals surface area contributed by atoms with Gasteiger partial charge in [-0.2, -0.15) is 0 Å². The summed E-state index contributed by atoms with van der Waals surface area (Å²) in [7, 11) is 6.20. The number of rotatable bonds is 22. The van der Waals surface area contributed by atoms with E-state index in [-0.39, 0.29) is 30.6 Å². The van der Waals surface area contributed by atoms with Crippen LogP contribution < -0.4 is 16.0 Å². The number of carboxylic acids is 1. The van der Waals surface area contributed by atoms with Crippen molar-refractivity contribution in [2.24, 2.45) is 22.9 Å². The second kappa shape index (κ2) is 22.2. The first-order valence-corrected chi connectivity index (χ1v) is 18.8. The summed E-state index contributed by atoms with van der Waals surface area (Å²) in [5.41, 5.74) is 9.96. The third-order valence-electron chi connectivity index (χ3n) is 10.7. The first kappa shape index (κ1) is 45.9. The number of benzene rings is 1. The van der Waals surface area contributed by atoms with Crippen LogP contribution in [0.1, 0.15) is 72.8 Å². The van der Waals surface area contributed by atoms with Crippen molar-refractivity contribution < 1.29 is 38.6 Å². The highest BCUT2D eigenvalue weighted by Gasteiger charge is 2.43. The van der Waals surface area contributed by atoms with E-state index in [2.05, 4.69) is 26.0 Å². The van der Waals surface area contributed by atoms with Crippen molar-refractivity contribution in [3.63, 3.8) is 0 Å². The number of hydrogen-bond acceptors (Lipinski definition) is 9. The van der Waals surface area contributed by atoms with E-state index in [0.29, 0.717) is 25.8 Å². The topological polar surface area (TPSA) is 215 Å². The lowest BCUT2D eigenvalue weighted by atomic mass is 9.89. The largest absolute Gasteiger partial charge is 0.480 e. The van der Waals surface area contributed by atoms with Crippen LogP contribution in [0.25, 0.3) is 10.4 Å². The molecule has 2 unspecified atom stereocenters. The van der Waals surface area contributed by atoms with Crippen molar-refractivity contribution in [3.05, 3.63) is 46.3 Å². The van der Waals surface area contributed by atoms with Gasteiger partial charge in [-0.25, -0.2) is 4.79 Å². The Morgan fingerprint density at radius 2 is 1.67 bits per heavy atom. The fourth-order valence-electron chi connectivity index (χ4n) is 7.43. The Kier molecular flexibility index (Phi) is 18.9. The molecule has 1 aromatic carbocycles. The minimum absolute atomic E-state index is 0.0826. The smallest absolute Gasteiger partial charge is 0.326 e. The number of carbonyl (C=O) groups is 5. The van der Waals surface area contributed by atoms with Gasteiger partial charge >= 0.3 is 5.97 Å². The van der Waals surface area contributed by atoms with Crippen LogP contribution in [0, 0.1) is 17.8 Å². The molecule has 4 N–H and O–H groups in total. The number of azide groups is 1. The highest BCUT2D eigenvalue weighted by molar-refractivity contribution is 5.91. The number of nitrogens with one attached hydrogen (secondary N) is 3. The maximum Gasteiger partial charge on any atom is 0.326 e. The molecule has 1 fully saturated rings. The molecule has 0 aliphatic carbocycles. The summed E-state index contributed by atoms with van der Waals surface area (Å²) in [6.45, 7) is 11.3. The average molecular weight is 759 g/mol. The van der Waals surface area contributed by atoms with Crippen LogP contribution in [0.3, 0.4) is 0 Å². The fraction of sp³-hybridized carbons (Fsp3) is 0.711. The number of likely N-dealkylation sites (N-methyl/N-ethyl adjacent to an activating group) is 2. The number of carboxylic acid groups (broad SMARTS) is 1. The number of nitrogens with zero attached hydrogens (tertiary/aromatic N) is 5. The van der Waals surface area contributed by atoms with Gasteiger partial charge < -0.3 is 40.3 Å². The van der Waals surface area contributed by atoms with Crippen molar-refractivity contribution in [2.75, 3.05) is 34.9 Å². The Labute approximate surface area is 319 Å². The third kappa shape index (κ3) is 12.1. The molecule has 1 saturated heterocycles. The first-order valence-electron chi connectivity index (χ1n) is 18.8. The summed E-state index contributed by atoms with van der Waals surface area (Å²) in [4.78, 5) is 73.2. The summed E-state index contributed by atoms with van der Waals surface area (Å²) in [6.07, 6.45) is 0.417. The molecule has 2 rings (SSSR count). The Morgan fingerprint density at radius 1 is 1.02 bits per heavy atom. The molecule has 54 heavy (non-hydrogen) atoms. The Hall–Kier alpha value is -4.24. The van der Waals surface area contributed by atoms with E-state index >= 15 is 0 Å². The van der Waals surface area contributed by atoms with Gasteiger partial charge in [0, 0.05) is 39.1 Å². The molecule has 16 nitrogen and oxygen atoms in total. The monoisotopic (exact) mass is 758 g/mol. The molecule has 0 saturated carbocycles. The second-order valence-electron chi connectivity index (χ2n) is 14.6. The van der Waals surface area contributed by atoms with E-state index in [9.17, 15) is 34.6 Å². The van der Waals surface area contributed by atoms with Crippen LogP contribution in [-0.2, 0) is 39.9 Å². The Balaban J connectivity index is 2.31. The highest BCUT2D eigenvalue weighted by Crippen LogP contribution is 2.29. The fourth-order valence-corrected chi connectivity index (χ4v) is 7.43. The van der Waals surface area contributed by atoms with Gasteiger partial charge in [0.25, 0.3) is 0 Å². The maximum absolute atomic E-state index is 14.2. The minimum atomic E-state index is -1.18. The van der Waals surface area contributed by atoms with Crippen LogP contribution in [-0.4, -0.2) is 128 Å². The molecular formula is C38H62N8O8. The number of aliphatic carboxylic acids is 1. The molecule has 16 heteroatoms. The van der Waals surface area contributed by atoms with Crippen molar-refractivity contribution >= 4 is 29.6 Å². The lowest BCUT2D eigenvalue weighted by Crippen LogP contribution is -2.60. The van der Waals surface area contributed by atoms with Gasteiger partial charge in [0.15, 0.2) is 0 Å². The van der Waals surface area contributed by atoms with E-state index in [0.717, 1.165) is 5.56 Å². The minimum Gasteiger partial charge on any atom is -0.480 e. The van der Waals surface area contributed by atoms with Crippen molar-refractivity contribution in [1.82, 2.24) is 25.8 Å². The van der Waals surface area contributed by atoms with Gasteiger partial charge in [-0.1, -0.05) is 83.4 Å². The molecule has 1 aliphatic heterocycles. The van der Waals surface area contributed by atoms with E-state index in [1.54, 1.807) is 57.1 Å². The molecule has 1 aliphatic rings. The van der Waals surface area contributed by atoms with Gasteiger partial charge in [-0.05, 0) is 42.8 Å². The quantitative estimate of drug-likeness (QED) is 0.0775. The van der Waals surface area contributed by atoms with Crippen molar-refractivity contribution in [1.29, 1.82) is 0 Å². The summed E-state index contributed by atoms with van der Waals surface area (Å²) < 4.78 is 11.8. The number of likely N-dealkylation sites (tertiary alicyclic amines) is 1. The zero-order chi connectivity index (χ0) is 40.7. The van der Waals surface area contributed by atoms with Crippen LogP contribution in [0.4, 0.5) is 0 Å². The van der Waals surface area contributed by atoms with Crippen LogP contribution in [0.2, 0.25) is 0 Å². The van der Waals surface area contributed by atoms with Crippen molar-refractivity contribution in [2.45, 2.75) is 122 Å². The second-order valence-corrected chi connectivity index (χ2v) is 14.6. The van der Waals surface area contributed by atoms with E-state index in [1.807, 2.05) is 33.8 Å². The normalized spacial score (nSPS) is 19.2. The summed E-state index contributed by atoms with van der Waals surface area (Å²) in [5, 5.41) is 22.0. The predicted molar refractivity (Wildman–Crippen MR) is 204 cm³/mol. The van der Waals surface area contributed by atoms with Gasteiger partial charge in [0.1, 0.15) is 12.1 Å². The third-order valence-corrected chi connectivity index (χ3v) is 10.7. The average Bonchev–Trinajstić information content (AvgIpc) is 3.63. The van der Waals surface area contributed by atoms with Gasteiger partial charge in [-0.3, -0.25) is 19.2 Å². The first-order chi connectivity index (χ1) is 25.6. The molecular weight excluding hydrogens is 696 g/mol. The zero-order valence-corrected chi connectivity index (χ0v) is 33.5. The van der Waals surface area contributed by atoms with Crippen LogP contribution >= 0.6 is 0 Å². The molecule has 0 aromatic heterocycles. The van der Waals surface area contributed by atoms with Gasteiger partial charge in [0.2, 0.25) is 23.6 Å². The molecule has 10 atom stereocenters. The van der Waals surface area contributed by atoms with Crippen molar-refractivity contribution in [3.8, 4) is 0 Å². The van der Waals surface area contributed by atoms with Crippen LogP contribution in [0.15, 0.2) is 35.4 Å². The zero-order valence-electron chi connectivity index (χ0n) is 33.5. The Bertz CT molecular complexity index is 1440. The molecule has 4 amide bonds. The van der Waals surface area contributed by atoms with E-state index < -0.39 is 78.1 Å². The summed E-state index contributed by atoms with van der Waals surface area (Å²) >= 11 is 0. The molecule has 1 heterocycles. The SMILES string of the molecule is CC[C@H](C)[C@@H]([C@@H](CC(=O)N1CCCC1[C@H](OC)[C@@H](C)C(=O)N[C@@H](Cc1ccccc1)C(=O)O)OC)N(C)C(=O)[C@@H](NC(=O)C(NC)C(C)C)[C@H](C)N=[N+]=[N-].